The number of piperidine rings is 1. The second kappa shape index (κ2) is 3.99. The van der Waals surface area contributed by atoms with E-state index in [9.17, 15) is 8.42 Å². The maximum Gasteiger partial charge on any atom is 0.228 e. The molecule has 2 aliphatic rings. The predicted octanol–water partition coefficient (Wildman–Crippen LogP) is 1.78. The molecule has 82 valence electrons. The van der Waals surface area contributed by atoms with Gasteiger partial charge >= 0.3 is 0 Å². The van der Waals surface area contributed by atoms with Gasteiger partial charge in [-0.05, 0) is 31.6 Å². The van der Waals surface area contributed by atoms with Gasteiger partial charge in [-0.2, -0.15) is 4.31 Å². The lowest BCUT2D eigenvalue weighted by Gasteiger charge is -2.36. The van der Waals surface area contributed by atoms with Crippen molar-refractivity contribution in [3.8, 4) is 0 Å². The van der Waals surface area contributed by atoms with Gasteiger partial charge in [-0.15, -0.1) is 11.6 Å². The number of rotatable bonds is 2. The molecule has 5 heteroatoms. The van der Waals surface area contributed by atoms with Crippen molar-refractivity contribution in [2.45, 2.75) is 38.1 Å². The minimum Gasteiger partial charge on any atom is -0.211 e. The summed E-state index contributed by atoms with van der Waals surface area (Å²) < 4.78 is 25.0. The average molecular weight is 238 g/mol. The van der Waals surface area contributed by atoms with Crippen molar-refractivity contribution >= 4 is 21.6 Å². The van der Waals surface area contributed by atoms with Gasteiger partial charge in [0.15, 0.2) is 0 Å². The van der Waals surface area contributed by atoms with Crippen LogP contribution in [-0.2, 0) is 10.0 Å². The van der Waals surface area contributed by atoms with Gasteiger partial charge in [0.2, 0.25) is 10.0 Å². The fourth-order valence-electron chi connectivity index (χ4n) is 2.82. The first-order valence-corrected chi connectivity index (χ1v) is 7.35. The third kappa shape index (κ3) is 1.79. The molecule has 0 aromatic heterocycles. The first-order chi connectivity index (χ1) is 6.65. The Morgan fingerprint density at radius 3 is 2.64 bits per heavy atom. The van der Waals surface area contributed by atoms with Crippen molar-refractivity contribution in [2.75, 3.05) is 11.8 Å². The molecule has 1 heterocycles. The molecule has 0 N–H and O–H groups in total. The zero-order chi connectivity index (χ0) is 10.2. The third-order valence-electron chi connectivity index (χ3n) is 3.44. The second-order valence-corrected chi connectivity index (χ2v) is 6.74. The Balaban J connectivity index is 2.18. The molecule has 0 bridgehead atoms. The van der Waals surface area contributed by atoms with Gasteiger partial charge in [0.1, 0.15) is 5.21 Å². The molecular weight excluding hydrogens is 222 g/mol. The fourth-order valence-corrected chi connectivity index (χ4v) is 4.42. The molecule has 0 amide bonds. The summed E-state index contributed by atoms with van der Waals surface area (Å²) in [5, 5.41) is -0.268. The Hall–Kier alpha value is 0.200. The highest BCUT2D eigenvalue weighted by molar-refractivity contribution is 7.90. The van der Waals surface area contributed by atoms with Gasteiger partial charge in [0.25, 0.3) is 0 Å². The van der Waals surface area contributed by atoms with Gasteiger partial charge in [-0.25, -0.2) is 8.42 Å². The summed E-state index contributed by atoms with van der Waals surface area (Å²) in [4.78, 5) is 0. The van der Waals surface area contributed by atoms with Gasteiger partial charge in [-0.3, -0.25) is 0 Å². The van der Waals surface area contributed by atoms with Crippen LogP contribution in [0.5, 0.6) is 0 Å². The number of nitrogens with zero attached hydrogens (tertiary/aromatic N) is 1. The topological polar surface area (TPSA) is 37.4 Å². The van der Waals surface area contributed by atoms with Crippen LogP contribution in [0.3, 0.4) is 0 Å². The Labute approximate surface area is 90.5 Å². The Kier molecular flexibility index (Phi) is 3.05. The van der Waals surface area contributed by atoms with E-state index in [1.165, 1.54) is 19.3 Å². The third-order valence-corrected chi connectivity index (χ3v) is 5.71. The van der Waals surface area contributed by atoms with Crippen molar-refractivity contribution in [1.29, 1.82) is 0 Å². The van der Waals surface area contributed by atoms with Crippen molar-refractivity contribution in [3.05, 3.63) is 0 Å². The number of hydrogen-bond acceptors (Lipinski definition) is 2. The van der Waals surface area contributed by atoms with Crippen LogP contribution in [-0.4, -0.2) is 30.5 Å². The molecule has 2 unspecified atom stereocenters. The zero-order valence-corrected chi connectivity index (χ0v) is 9.73. The SMILES string of the molecule is O=S(=O)(CCl)N1CCCC2CCCC21. The van der Waals surface area contributed by atoms with Gasteiger partial charge < -0.3 is 0 Å². The van der Waals surface area contributed by atoms with Crippen LogP contribution in [0, 0.1) is 5.92 Å². The summed E-state index contributed by atoms with van der Waals surface area (Å²) in [6.07, 6.45) is 5.58. The van der Waals surface area contributed by atoms with Crippen LogP contribution in [0.2, 0.25) is 0 Å². The van der Waals surface area contributed by atoms with Crippen molar-refractivity contribution in [1.82, 2.24) is 4.31 Å². The molecule has 0 aromatic carbocycles. The van der Waals surface area contributed by atoms with Crippen molar-refractivity contribution < 1.29 is 8.42 Å². The van der Waals surface area contributed by atoms with E-state index in [4.69, 9.17) is 11.6 Å². The molecule has 0 aromatic rings. The molecule has 2 atom stereocenters. The van der Waals surface area contributed by atoms with Crippen molar-refractivity contribution in [3.63, 3.8) is 0 Å². The molecule has 3 nitrogen and oxygen atoms in total. The minimum atomic E-state index is -3.18. The summed E-state index contributed by atoms with van der Waals surface area (Å²) in [5.41, 5.74) is 0. The molecule has 1 saturated heterocycles. The smallest absolute Gasteiger partial charge is 0.211 e. The maximum absolute atomic E-state index is 11.7. The van der Waals surface area contributed by atoms with Crippen LogP contribution in [0.25, 0.3) is 0 Å². The summed E-state index contributed by atoms with van der Waals surface area (Å²) in [5.74, 6) is 0.599. The van der Waals surface area contributed by atoms with Gasteiger partial charge in [-0.1, -0.05) is 6.42 Å². The van der Waals surface area contributed by atoms with Gasteiger partial charge in [0, 0.05) is 12.6 Å². The summed E-state index contributed by atoms with van der Waals surface area (Å²) >= 11 is 5.49. The number of halogens is 1. The van der Waals surface area contributed by atoms with E-state index in [0.717, 1.165) is 12.8 Å². The molecule has 2 rings (SSSR count). The molecular formula is C9H16ClNO2S. The molecule has 1 aliphatic carbocycles. The lowest BCUT2D eigenvalue weighted by Crippen LogP contribution is -2.46. The van der Waals surface area contributed by atoms with E-state index >= 15 is 0 Å². The fraction of sp³-hybridized carbons (Fsp3) is 1.00. The molecule has 0 radical (unpaired) electrons. The molecule has 1 aliphatic heterocycles. The molecule has 1 saturated carbocycles. The Morgan fingerprint density at radius 1 is 1.21 bits per heavy atom. The molecule has 2 fully saturated rings. The largest absolute Gasteiger partial charge is 0.228 e. The quantitative estimate of drug-likeness (QED) is 0.687. The Bertz CT molecular complexity index is 304. The monoisotopic (exact) mass is 237 g/mol. The average Bonchev–Trinajstić information content (AvgIpc) is 2.64. The number of alkyl halides is 1. The van der Waals surface area contributed by atoms with Crippen LogP contribution >= 0.6 is 11.6 Å². The standard InChI is InChI=1S/C9H16ClNO2S/c10-7-14(12,13)11-6-2-4-8-3-1-5-9(8)11/h8-9H,1-7H2. The highest BCUT2D eigenvalue weighted by Crippen LogP contribution is 2.38. The van der Waals surface area contributed by atoms with E-state index < -0.39 is 10.0 Å². The summed E-state index contributed by atoms with van der Waals surface area (Å²) in [6, 6.07) is 0.257. The van der Waals surface area contributed by atoms with E-state index in [2.05, 4.69) is 0 Å². The van der Waals surface area contributed by atoms with Crippen LogP contribution in [0.1, 0.15) is 32.1 Å². The lowest BCUT2D eigenvalue weighted by atomic mass is 9.94. The predicted molar refractivity (Wildman–Crippen MR) is 56.7 cm³/mol. The van der Waals surface area contributed by atoms with E-state index in [1.807, 2.05) is 0 Å². The van der Waals surface area contributed by atoms with E-state index in [0.29, 0.717) is 12.5 Å². The van der Waals surface area contributed by atoms with E-state index in [-0.39, 0.29) is 11.3 Å². The van der Waals surface area contributed by atoms with Crippen molar-refractivity contribution in [2.24, 2.45) is 5.92 Å². The first-order valence-electron chi connectivity index (χ1n) is 5.20. The highest BCUT2D eigenvalue weighted by Gasteiger charge is 2.40. The van der Waals surface area contributed by atoms with Gasteiger partial charge in [0.05, 0.1) is 0 Å². The first kappa shape index (κ1) is 10.7. The number of hydrogen-bond donors (Lipinski definition) is 0. The normalized spacial score (nSPS) is 34.4. The minimum absolute atomic E-state index is 0.257. The lowest BCUT2D eigenvalue weighted by molar-refractivity contribution is 0.203. The second-order valence-electron chi connectivity index (χ2n) is 4.23. The van der Waals surface area contributed by atoms with Crippen LogP contribution in [0.4, 0.5) is 0 Å². The number of fused-ring (bicyclic) bond motifs is 1. The summed E-state index contributed by atoms with van der Waals surface area (Å²) in [7, 11) is -3.18. The van der Waals surface area contributed by atoms with Crippen LogP contribution < -0.4 is 0 Å². The molecule has 0 spiro atoms. The van der Waals surface area contributed by atoms with Crippen LogP contribution in [0.15, 0.2) is 0 Å². The van der Waals surface area contributed by atoms with E-state index in [1.54, 1.807) is 4.31 Å². The summed E-state index contributed by atoms with van der Waals surface area (Å²) in [6.45, 7) is 0.677. The zero-order valence-electron chi connectivity index (χ0n) is 8.15. The maximum atomic E-state index is 11.7. The molecule has 14 heavy (non-hydrogen) atoms. The highest BCUT2D eigenvalue weighted by atomic mass is 35.5. The number of sulfonamides is 1. The Morgan fingerprint density at radius 2 is 1.93 bits per heavy atom.